The zero-order chi connectivity index (χ0) is 20.4. The monoisotopic (exact) mass is 384 g/mol. The van der Waals surface area contributed by atoms with Crippen molar-refractivity contribution < 1.29 is 9.90 Å². The van der Waals surface area contributed by atoms with Crippen LogP contribution in [0.25, 0.3) is 5.57 Å². The standard InChI is InChI=1S/C27H28O2/c1-27(2)17-16-23(21-6-4-3-5-7-21)24-15-12-20(18-25(24)27)9-8-19-10-13-22(14-11-19)26(28)29/h10-15,18H,3-7,16-17H2,1-2H3,(H,28,29). The molecule has 2 aromatic carbocycles. The van der Waals surface area contributed by atoms with Gasteiger partial charge in [0.05, 0.1) is 5.56 Å². The number of carboxylic acid groups (broad SMARTS) is 1. The van der Waals surface area contributed by atoms with Gasteiger partial charge in [0.25, 0.3) is 0 Å². The van der Waals surface area contributed by atoms with Gasteiger partial charge in [-0.15, -0.1) is 0 Å². The summed E-state index contributed by atoms with van der Waals surface area (Å²) in [7, 11) is 0. The van der Waals surface area contributed by atoms with E-state index in [2.05, 4.69) is 43.9 Å². The van der Waals surface area contributed by atoms with E-state index in [4.69, 9.17) is 5.11 Å². The number of hydrogen-bond acceptors (Lipinski definition) is 1. The van der Waals surface area contributed by atoms with Crippen LogP contribution in [0.5, 0.6) is 0 Å². The van der Waals surface area contributed by atoms with Crippen LogP contribution in [0, 0.1) is 11.8 Å². The normalized spacial score (nSPS) is 17.9. The maximum Gasteiger partial charge on any atom is 0.335 e. The number of allylic oxidation sites excluding steroid dienone is 2. The lowest BCUT2D eigenvalue weighted by Crippen LogP contribution is -2.24. The summed E-state index contributed by atoms with van der Waals surface area (Å²) in [6.07, 6.45) is 8.95. The van der Waals surface area contributed by atoms with E-state index < -0.39 is 5.97 Å². The Bertz CT molecular complexity index is 1020. The molecule has 0 bridgehead atoms. The van der Waals surface area contributed by atoms with Gasteiger partial charge in [-0.1, -0.05) is 43.7 Å². The molecule has 0 spiro atoms. The quantitative estimate of drug-likeness (QED) is 0.564. The van der Waals surface area contributed by atoms with Gasteiger partial charge >= 0.3 is 5.97 Å². The predicted molar refractivity (Wildman–Crippen MR) is 118 cm³/mol. The Hall–Kier alpha value is -2.79. The molecular weight excluding hydrogens is 356 g/mol. The second-order valence-electron chi connectivity index (χ2n) is 8.92. The zero-order valence-electron chi connectivity index (χ0n) is 17.3. The molecule has 2 aliphatic carbocycles. The average molecular weight is 385 g/mol. The topological polar surface area (TPSA) is 37.3 Å². The first-order valence-corrected chi connectivity index (χ1v) is 10.7. The van der Waals surface area contributed by atoms with Gasteiger partial charge in [-0.3, -0.25) is 0 Å². The van der Waals surface area contributed by atoms with E-state index in [0.717, 1.165) is 11.1 Å². The number of rotatable bonds is 1. The van der Waals surface area contributed by atoms with Gasteiger partial charge < -0.3 is 5.11 Å². The Kier molecular flexibility index (Phi) is 5.33. The third-order valence-electron chi connectivity index (χ3n) is 6.44. The molecule has 0 saturated heterocycles. The SMILES string of the molecule is CC1(C)CCC(=C2CCCCC2)c2ccc(C#Cc3ccc(C(=O)O)cc3)cc21. The molecule has 1 saturated carbocycles. The fourth-order valence-corrected chi connectivity index (χ4v) is 4.64. The number of fused-ring (bicyclic) bond motifs is 1. The lowest BCUT2D eigenvalue weighted by molar-refractivity contribution is 0.0697. The van der Waals surface area contributed by atoms with Crippen molar-refractivity contribution in [2.75, 3.05) is 0 Å². The summed E-state index contributed by atoms with van der Waals surface area (Å²) in [5, 5.41) is 9.02. The zero-order valence-corrected chi connectivity index (χ0v) is 17.3. The molecule has 2 heteroatoms. The van der Waals surface area contributed by atoms with Crippen molar-refractivity contribution in [2.24, 2.45) is 0 Å². The van der Waals surface area contributed by atoms with E-state index in [1.54, 1.807) is 35.4 Å². The van der Waals surface area contributed by atoms with Crippen molar-refractivity contribution >= 4 is 11.5 Å². The Balaban J connectivity index is 1.68. The highest BCUT2D eigenvalue weighted by atomic mass is 16.4. The summed E-state index contributed by atoms with van der Waals surface area (Å²) in [5.41, 5.74) is 8.45. The maximum absolute atomic E-state index is 11.0. The largest absolute Gasteiger partial charge is 0.478 e. The molecule has 1 fully saturated rings. The fraction of sp³-hybridized carbons (Fsp3) is 0.370. The van der Waals surface area contributed by atoms with E-state index in [1.165, 1.54) is 56.1 Å². The molecule has 0 radical (unpaired) electrons. The lowest BCUT2D eigenvalue weighted by Gasteiger charge is -2.36. The van der Waals surface area contributed by atoms with Crippen molar-refractivity contribution in [1.82, 2.24) is 0 Å². The molecule has 29 heavy (non-hydrogen) atoms. The van der Waals surface area contributed by atoms with Gasteiger partial charge in [0, 0.05) is 11.1 Å². The van der Waals surface area contributed by atoms with Crippen LogP contribution in [0.3, 0.4) is 0 Å². The molecule has 0 aliphatic heterocycles. The Morgan fingerprint density at radius 1 is 0.897 bits per heavy atom. The molecule has 2 aromatic rings. The minimum absolute atomic E-state index is 0.162. The summed E-state index contributed by atoms with van der Waals surface area (Å²) in [4.78, 5) is 11.0. The average Bonchev–Trinajstić information content (AvgIpc) is 2.73. The predicted octanol–water partition coefficient (Wildman–Crippen LogP) is 6.57. The van der Waals surface area contributed by atoms with Gasteiger partial charge in [-0.25, -0.2) is 4.79 Å². The van der Waals surface area contributed by atoms with Gasteiger partial charge in [0.15, 0.2) is 0 Å². The highest BCUT2D eigenvalue weighted by molar-refractivity contribution is 5.87. The smallest absolute Gasteiger partial charge is 0.335 e. The Labute approximate surface area is 173 Å². The molecule has 2 nitrogen and oxygen atoms in total. The van der Waals surface area contributed by atoms with Gasteiger partial charge in [-0.2, -0.15) is 0 Å². The van der Waals surface area contributed by atoms with Crippen LogP contribution in [0.4, 0.5) is 0 Å². The summed E-state index contributed by atoms with van der Waals surface area (Å²) in [6, 6.07) is 13.4. The Morgan fingerprint density at radius 2 is 1.55 bits per heavy atom. The molecule has 0 atom stereocenters. The van der Waals surface area contributed by atoms with Crippen LogP contribution in [-0.2, 0) is 5.41 Å². The third-order valence-corrected chi connectivity index (χ3v) is 6.44. The van der Waals surface area contributed by atoms with Crippen molar-refractivity contribution in [3.63, 3.8) is 0 Å². The van der Waals surface area contributed by atoms with Crippen LogP contribution in [0.15, 0.2) is 48.0 Å². The van der Waals surface area contributed by atoms with Crippen LogP contribution in [0.2, 0.25) is 0 Å². The van der Waals surface area contributed by atoms with Crippen LogP contribution < -0.4 is 0 Å². The summed E-state index contributed by atoms with van der Waals surface area (Å²) >= 11 is 0. The first kappa shape index (κ1) is 19.5. The summed E-state index contributed by atoms with van der Waals surface area (Å²) in [5.74, 6) is 5.55. The van der Waals surface area contributed by atoms with E-state index in [9.17, 15) is 4.79 Å². The Morgan fingerprint density at radius 3 is 2.24 bits per heavy atom. The molecule has 0 unspecified atom stereocenters. The van der Waals surface area contributed by atoms with Crippen molar-refractivity contribution in [3.05, 3.63) is 75.9 Å². The fourth-order valence-electron chi connectivity index (χ4n) is 4.64. The van der Waals surface area contributed by atoms with Crippen LogP contribution >= 0.6 is 0 Å². The molecule has 0 heterocycles. The molecule has 4 rings (SSSR count). The summed E-state index contributed by atoms with van der Waals surface area (Å²) < 4.78 is 0. The minimum atomic E-state index is -0.913. The second kappa shape index (κ2) is 7.91. The van der Waals surface area contributed by atoms with E-state index >= 15 is 0 Å². The second-order valence-corrected chi connectivity index (χ2v) is 8.92. The van der Waals surface area contributed by atoms with E-state index in [0.29, 0.717) is 0 Å². The highest BCUT2D eigenvalue weighted by Crippen LogP contribution is 2.45. The number of hydrogen-bond donors (Lipinski definition) is 1. The molecule has 2 aliphatic rings. The molecule has 0 aromatic heterocycles. The van der Waals surface area contributed by atoms with Crippen LogP contribution in [0.1, 0.15) is 91.4 Å². The van der Waals surface area contributed by atoms with E-state index in [1.807, 2.05) is 0 Å². The summed E-state index contributed by atoms with van der Waals surface area (Å²) in [6.45, 7) is 4.69. The lowest BCUT2D eigenvalue weighted by atomic mass is 9.69. The highest BCUT2D eigenvalue weighted by Gasteiger charge is 2.31. The molecule has 1 N–H and O–H groups in total. The molecule has 0 amide bonds. The van der Waals surface area contributed by atoms with E-state index in [-0.39, 0.29) is 11.0 Å². The number of carbonyl (C=O) groups is 1. The third kappa shape index (κ3) is 4.15. The number of carboxylic acids is 1. The first-order valence-electron chi connectivity index (χ1n) is 10.7. The molecule has 148 valence electrons. The maximum atomic E-state index is 11.0. The minimum Gasteiger partial charge on any atom is -0.478 e. The van der Waals surface area contributed by atoms with Gasteiger partial charge in [-0.05, 0) is 97.0 Å². The molecular formula is C27H28O2. The van der Waals surface area contributed by atoms with Gasteiger partial charge in [0.2, 0.25) is 0 Å². The van der Waals surface area contributed by atoms with Crippen molar-refractivity contribution in [1.29, 1.82) is 0 Å². The van der Waals surface area contributed by atoms with Crippen molar-refractivity contribution in [2.45, 2.75) is 64.2 Å². The number of aromatic carboxylic acids is 1. The first-order chi connectivity index (χ1) is 13.9. The van der Waals surface area contributed by atoms with Crippen LogP contribution in [-0.4, -0.2) is 11.1 Å². The van der Waals surface area contributed by atoms with Gasteiger partial charge in [0.1, 0.15) is 0 Å². The van der Waals surface area contributed by atoms with Crippen molar-refractivity contribution in [3.8, 4) is 11.8 Å². The number of benzene rings is 2.